The topological polar surface area (TPSA) is 0 Å². The van der Waals surface area contributed by atoms with Gasteiger partial charge in [-0.2, -0.15) is 0 Å². The van der Waals surface area contributed by atoms with Gasteiger partial charge in [-0.3, -0.25) is 0 Å². The van der Waals surface area contributed by atoms with Crippen molar-refractivity contribution in [2.75, 3.05) is 0 Å². The monoisotopic (exact) mass is 110 g/mol. The van der Waals surface area contributed by atoms with Crippen molar-refractivity contribution in [1.29, 1.82) is 0 Å². The smallest absolute Gasteiger partial charge is 0.00585 e. The molecular formula is C8H14. The van der Waals surface area contributed by atoms with Gasteiger partial charge in [0.1, 0.15) is 0 Å². The SMILES string of the molecule is C=C1CC1(CC)CC. The zero-order chi connectivity index (χ0) is 6.20. The summed E-state index contributed by atoms with van der Waals surface area (Å²) >= 11 is 0. The summed E-state index contributed by atoms with van der Waals surface area (Å²) < 4.78 is 0. The Morgan fingerprint density at radius 3 is 1.88 bits per heavy atom. The van der Waals surface area contributed by atoms with E-state index in [1.807, 2.05) is 0 Å². The van der Waals surface area contributed by atoms with E-state index in [-0.39, 0.29) is 0 Å². The largest absolute Gasteiger partial charge is 0.0993 e. The quantitative estimate of drug-likeness (QED) is 0.479. The Morgan fingerprint density at radius 1 is 1.50 bits per heavy atom. The molecule has 1 aliphatic rings. The first kappa shape index (κ1) is 5.87. The molecule has 0 unspecified atom stereocenters. The van der Waals surface area contributed by atoms with E-state index in [4.69, 9.17) is 0 Å². The summed E-state index contributed by atoms with van der Waals surface area (Å²) in [6.07, 6.45) is 3.88. The number of hydrogen-bond donors (Lipinski definition) is 0. The van der Waals surface area contributed by atoms with Crippen LogP contribution in [-0.2, 0) is 0 Å². The third kappa shape index (κ3) is 0.594. The van der Waals surface area contributed by atoms with Gasteiger partial charge in [0.2, 0.25) is 0 Å². The highest BCUT2D eigenvalue weighted by Gasteiger charge is 2.43. The second kappa shape index (κ2) is 1.61. The van der Waals surface area contributed by atoms with Crippen LogP contribution >= 0.6 is 0 Å². The zero-order valence-corrected chi connectivity index (χ0v) is 5.83. The molecule has 0 aliphatic heterocycles. The highest BCUT2D eigenvalue weighted by molar-refractivity contribution is 5.28. The van der Waals surface area contributed by atoms with Crippen molar-refractivity contribution in [2.45, 2.75) is 33.1 Å². The van der Waals surface area contributed by atoms with E-state index < -0.39 is 0 Å². The van der Waals surface area contributed by atoms with Crippen LogP contribution in [0.2, 0.25) is 0 Å². The first-order chi connectivity index (χ1) is 3.75. The van der Waals surface area contributed by atoms with Crippen LogP contribution in [0, 0.1) is 5.41 Å². The maximum atomic E-state index is 3.96. The van der Waals surface area contributed by atoms with E-state index in [1.165, 1.54) is 24.8 Å². The number of rotatable bonds is 2. The molecule has 1 rings (SSSR count). The van der Waals surface area contributed by atoms with Crippen LogP contribution in [0.1, 0.15) is 33.1 Å². The predicted molar refractivity (Wildman–Crippen MR) is 36.8 cm³/mol. The molecule has 0 N–H and O–H groups in total. The summed E-state index contributed by atoms with van der Waals surface area (Å²) in [6, 6.07) is 0. The molecule has 1 aliphatic carbocycles. The maximum absolute atomic E-state index is 3.96. The molecule has 0 heterocycles. The fraction of sp³-hybridized carbons (Fsp3) is 0.750. The highest BCUT2D eigenvalue weighted by Crippen LogP contribution is 2.55. The molecular weight excluding hydrogens is 96.1 g/mol. The minimum atomic E-state index is 0.597. The normalized spacial score (nSPS) is 23.5. The lowest BCUT2D eigenvalue weighted by Crippen LogP contribution is -1.93. The fourth-order valence-corrected chi connectivity index (χ4v) is 1.36. The van der Waals surface area contributed by atoms with Gasteiger partial charge in [0.25, 0.3) is 0 Å². The van der Waals surface area contributed by atoms with Crippen molar-refractivity contribution in [3.8, 4) is 0 Å². The molecule has 0 bridgehead atoms. The molecule has 0 spiro atoms. The standard InChI is InChI=1S/C8H14/c1-4-8(5-2)6-7(8)3/h3-6H2,1-2H3. The Morgan fingerprint density at radius 2 is 1.88 bits per heavy atom. The van der Waals surface area contributed by atoms with Crippen LogP contribution in [-0.4, -0.2) is 0 Å². The molecule has 0 aromatic rings. The lowest BCUT2D eigenvalue weighted by Gasteiger charge is -2.05. The van der Waals surface area contributed by atoms with Crippen LogP contribution in [0.3, 0.4) is 0 Å². The second-order valence-electron chi connectivity index (χ2n) is 2.77. The van der Waals surface area contributed by atoms with Gasteiger partial charge in [0, 0.05) is 0 Å². The zero-order valence-electron chi connectivity index (χ0n) is 5.83. The van der Waals surface area contributed by atoms with Gasteiger partial charge in [-0.25, -0.2) is 0 Å². The summed E-state index contributed by atoms with van der Waals surface area (Å²) in [5, 5.41) is 0. The van der Waals surface area contributed by atoms with E-state index in [9.17, 15) is 0 Å². The first-order valence-electron chi connectivity index (χ1n) is 3.43. The van der Waals surface area contributed by atoms with Crippen LogP contribution in [0.4, 0.5) is 0 Å². The molecule has 8 heavy (non-hydrogen) atoms. The Bertz CT molecular complexity index is 107. The van der Waals surface area contributed by atoms with Crippen molar-refractivity contribution in [1.82, 2.24) is 0 Å². The van der Waals surface area contributed by atoms with E-state index in [1.54, 1.807) is 0 Å². The molecule has 0 radical (unpaired) electrons. The Kier molecular flexibility index (Phi) is 1.18. The van der Waals surface area contributed by atoms with Crippen LogP contribution < -0.4 is 0 Å². The van der Waals surface area contributed by atoms with Gasteiger partial charge < -0.3 is 0 Å². The second-order valence-corrected chi connectivity index (χ2v) is 2.77. The van der Waals surface area contributed by atoms with E-state index >= 15 is 0 Å². The van der Waals surface area contributed by atoms with Crippen molar-refractivity contribution in [3.05, 3.63) is 12.2 Å². The molecule has 1 fully saturated rings. The molecule has 0 atom stereocenters. The molecule has 0 amide bonds. The number of hydrogen-bond acceptors (Lipinski definition) is 0. The van der Waals surface area contributed by atoms with Gasteiger partial charge in [0.05, 0.1) is 0 Å². The summed E-state index contributed by atoms with van der Waals surface area (Å²) in [5.74, 6) is 0. The van der Waals surface area contributed by atoms with Crippen molar-refractivity contribution < 1.29 is 0 Å². The van der Waals surface area contributed by atoms with Gasteiger partial charge >= 0.3 is 0 Å². The van der Waals surface area contributed by atoms with Crippen molar-refractivity contribution in [2.24, 2.45) is 5.41 Å². The Balaban J connectivity index is 2.52. The van der Waals surface area contributed by atoms with E-state index in [0.717, 1.165) is 0 Å². The number of allylic oxidation sites excluding steroid dienone is 1. The minimum absolute atomic E-state index is 0.597. The lowest BCUT2D eigenvalue weighted by molar-refractivity contribution is 0.500. The van der Waals surface area contributed by atoms with Gasteiger partial charge in [-0.1, -0.05) is 26.0 Å². The lowest BCUT2D eigenvalue weighted by atomic mass is 10.00. The van der Waals surface area contributed by atoms with Gasteiger partial charge in [-0.15, -0.1) is 0 Å². The highest BCUT2D eigenvalue weighted by atomic mass is 14.5. The molecule has 0 aromatic carbocycles. The Hall–Kier alpha value is -0.260. The summed E-state index contributed by atoms with van der Waals surface area (Å²) in [7, 11) is 0. The molecule has 0 nitrogen and oxygen atoms in total. The fourth-order valence-electron chi connectivity index (χ4n) is 1.36. The maximum Gasteiger partial charge on any atom is -0.00585 e. The van der Waals surface area contributed by atoms with Crippen LogP contribution in [0.15, 0.2) is 12.2 Å². The molecule has 0 heteroatoms. The summed E-state index contributed by atoms with van der Waals surface area (Å²) in [6.45, 7) is 8.47. The average molecular weight is 110 g/mol. The predicted octanol–water partition coefficient (Wildman–Crippen LogP) is 2.75. The third-order valence-corrected chi connectivity index (χ3v) is 2.53. The summed E-state index contributed by atoms with van der Waals surface area (Å²) in [5.41, 5.74) is 2.07. The minimum Gasteiger partial charge on any atom is -0.0993 e. The third-order valence-electron chi connectivity index (χ3n) is 2.53. The molecule has 0 aromatic heterocycles. The van der Waals surface area contributed by atoms with Gasteiger partial charge in [-0.05, 0) is 24.7 Å². The molecule has 1 saturated carbocycles. The average Bonchev–Trinajstić information content (AvgIpc) is 2.43. The first-order valence-corrected chi connectivity index (χ1v) is 3.43. The molecule has 46 valence electrons. The van der Waals surface area contributed by atoms with Crippen LogP contribution in [0.25, 0.3) is 0 Å². The van der Waals surface area contributed by atoms with Gasteiger partial charge in [0.15, 0.2) is 0 Å². The summed E-state index contributed by atoms with van der Waals surface area (Å²) in [4.78, 5) is 0. The van der Waals surface area contributed by atoms with Crippen LogP contribution in [0.5, 0.6) is 0 Å². The Labute approximate surface area is 51.6 Å². The molecule has 0 saturated heterocycles. The van der Waals surface area contributed by atoms with E-state index in [0.29, 0.717) is 5.41 Å². The van der Waals surface area contributed by atoms with E-state index in [2.05, 4.69) is 20.4 Å². The van der Waals surface area contributed by atoms with Crippen molar-refractivity contribution in [3.63, 3.8) is 0 Å². The van der Waals surface area contributed by atoms with Crippen molar-refractivity contribution >= 4 is 0 Å².